The van der Waals surface area contributed by atoms with E-state index in [0.717, 1.165) is 44.7 Å². The van der Waals surface area contributed by atoms with Gasteiger partial charge in [0.2, 0.25) is 0 Å². The van der Waals surface area contributed by atoms with Crippen molar-refractivity contribution >= 4 is 5.84 Å². The van der Waals surface area contributed by atoms with Crippen LogP contribution >= 0.6 is 0 Å². The minimum Gasteiger partial charge on any atom is -0.387 e. The quantitative estimate of drug-likeness (QED) is 0.513. The van der Waals surface area contributed by atoms with Crippen LogP contribution in [0.15, 0.2) is 4.99 Å². The molecule has 2 N–H and O–H groups in total. The Hall–Kier alpha value is -0.570. The van der Waals surface area contributed by atoms with E-state index in [9.17, 15) is 0 Å². The molecule has 0 unspecified atom stereocenters. The highest BCUT2D eigenvalue weighted by Gasteiger charge is 2.12. The first kappa shape index (κ1) is 9.52. The number of aliphatic imine (C=N–C) groups is 1. The van der Waals surface area contributed by atoms with E-state index in [1.54, 1.807) is 0 Å². The first-order valence-electron chi connectivity index (χ1n) is 4.72. The van der Waals surface area contributed by atoms with Crippen molar-refractivity contribution < 1.29 is 4.74 Å². The molecule has 0 saturated carbocycles. The molecular formula is C9H18N2O. The largest absolute Gasteiger partial charge is 0.387 e. The van der Waals surface area contributed by atoms with E-state index in [-0.39, 0.29) is 0 Å². The molecule has 1 rings (SSSR count). The van der Waals surface area contributed by atoms with Crippen LogP contribution in [0.3, 0.4) is 0 Å². The second-order valence-corrected chi connectivity index (χ2v) is 3.21. The summed E-state index contributed by atoms with van der Waals surface area (Å²) in [5.74, 6) is 0.810. The summed E-state index contributed by atoms with van der Waals surface area (Å²) < 4.78 is 5.23. The summed E-state index contributed by atoms with van der Waals surface area (Å²) in [6, 6.07) is 0.422. The molecule has 3 heteroatoms. The Bertz CT molecular complexity index is 151. The van der Waals surface area contributed by atoms with Crippen molar-refractivity contribution in [3.8, 4) is 0 Å². The van der Waals surface area contributed by atoms with Gasteiger partial charge in [0.25, 0.3) is 0 Å². The van der Waals surface area contributed by atoms with Crippen molar-refractivity contribution in [1.29, 1.82) is 0 Å². The van der Waals surface area contributed by atoms with Crippen LogP contribution in [0.2, 0.25) is 0 Å². The summed E-state index contributed by atoms with van der Waals surface area (Å²) in [5.41, 5.74) is 5.72. The zero-order valence-electron chi connectivity index (χ0n) is 7.75. The van der Waals surface area contributed by atoms with Crippen LogP contribution in [0, 0.1) is 0 Å². The maximum absolute atomic E-state index is 5.72. The Morgan fingerprint density at radius 3 is 2.75 bits per heavy atom. The average Bonchev–Trinajstić information content (AvgIpc) is 2.06. The molecule has 0 amide bonds. The topological polar surface area (TPSA) is 47.6 Å². The summed E-state index contributed by atoms with van der Waals surface area (Å²) in [6.45, 7) is 3.80. The molecule has 0 atom stereocenters. The van der Waals surface area contributed by atoms with Crippen molar-refractivity contribution in [3.05, 3.63) is 0 Å². The van der Waals surface area contributed by atoms with Crippen LogP contribution in [0.4, 0.5) is 0 Å². The van der Waals surface area contributed by atoms with Crippen molar-refractivity contribution in [2.24, 2.45) is 10.7 Å². The van der Waals surface area contributed by atoms with Gasteiger partial charge in [0.1, 0.15) is 0 Å². The van der Waals surface area contributed by atoms with Gasteiger partial charge in [-0.25, -0.2) is 0 Å². The number of ether oxygens (including phenoxy) is 1. The number of rotatable bonds is 3. The molecular weight excluding hydrogens is 152 g/mol. The predicted octanol–water partition coefficient (Wildman–Crippen LogP) is 1.32. The van der Waals surface area contributed by atoms with E-state index in [4.69, 9.17) is 10.5 Å². The van der Waals surface area contributed by atoms with Gasteiger partial charge in [-0.05, 0) is 19.3 Å². The monoisotopic (exact) mass is 170 g/mol. The molecule has 70 valence electrons. The normalized spacial score (nSPS) is 21.2. The predicted molar refractivity (Wildman–Crippen MR) is 50.4 cm³/mol. The van der Waals surface area contributed by atoms with Gasteiger partial charge < -0.3 is 10.5 Å². The SMILES string of the molecule is CCCC(N)=NC1CCOCC1. The summed E-state index contributed by atoms with van der Waals surface area (Å²) in [6.07, 6.45) is 4.07. The molecule has 1 aliphatic heterocycles. The average molecular weight is 170 g/mol. The lowest BCUT2D eigenvalue weighted by Crippen LogP contribution is -2.22. The molecule has 0 aromatic rings. The van der Waals surface area contributed by atoms with Gasteiger partial charge >= 0.3 is 0 Å². The van der Waals surface area contributed by atoms with E-state index >= 15 is 0 Å². The van der Waals surface area contributed by atoms with E-state index in [1.165, 1.54) is 0 Å². The fraction of sp³-hybridized carbons (Fsp3) is 0.889. The molecule has 0 bridgehead atoms. The van der Waals surface area contributed by atoms with Gasteiger partial charge in [0.15, 0.2) is 0 Å². The third-order valence-electron chi connectivity index (χ3n) is 2.05. The Morgan fingerprint density at radius 1 is 1.50 bits per heavy atom. The zero-order chi connectivity index (χ0) is 8.81. The number of hydrogen-bond acceptors (Lipinski definition) is 2. The maximum atomic E-state index is 5.72. The Labute approximate surface area is 74.0 Å². The molecule has 0 radical (unpaired) electrons. The Kier molecular flexibility index (Phi) is 4.08. The van der Waals surface area contributed by atoms with Crippen molar-refractivity contribution in [2.45, 2.75) is 38.6 Å². The summed E-state index contributed by atoms with van der Waals surface area (Å²) in [4.78, 5) is 4.44. The van der Waals surface area contributed by atoms with Crippen molar-refractivity contribution in [1.82, 2.24) is 0 Å². The highest BCUT2D eigenvalue weighted by molar-refractivity contribution is 5.80. The van der Waals surface area contributed by atoms with E-state index in [0.29, 0.717) is 6.04 Å². The van der Waals surface area contributed by atoms with Crippen molar-refractivity contribution in [3.63, 3.8) is 0 Å². The van der Waals surface area contributed by atoms with E-state index < -0.39 is 0 Å². The molecule has 1 fully saturated rings. The molecule has 12 heavy (non-hydrogen) atoms. The van der Waals surface area contributed by atoms with E-state index in [1.807, 2.05) is 0 Å². The first-order valence-corrected chi connectivity index (χ1v) is 4.72. The van der Waals surface area contributed by atoms with E-state index in [2.05, 4.69) is 11.9 Å². The standard InChI is InChI=1S/C9H18N2O/c1-2-3-9(10)11-8-4-6-12-7-5-8/h8H,2-7H2,1H3,(H2,10,11). The van der Waals surface area contributed by atoms with Gasteiger partial charge in [-0.3, -0.25) is 4.99 Å². The second-order valence-electron chi connectivity index (χ2n) is 3.21. The lowest BCUT2D eigenvalue weighted by atomic mass is 10.1. The highest BCUT2D eigenvalue weighted by atomic mass is 16.5. The smallest absolute Gasteiger partial charge is 0.0940 e. The lowest BCUT2D eigenvalue weighted by molar-refractivity contribution is 0.0870. The third-order valence-corrected chi connectivity index (χ3v) is 2.05. The number of amidine groups is 1. The van der Waals surface area contributed by atoms with Crippen LogP contribution in [0.1, 0.15) is 32.6 Å². The second kappa shape index (κ2) is 5.14. The van der Waals surface area contributed by atoms with Gasteiger partial charge in [-0.2, -0.15) is 0 Å². The molecule has 0 aromatic heterocycles. The van der Waals surface area contributed by atoms with Gasteiger partial charge in [0, 0.05) is 19.6 Å². The fourth-order valence-corrected chi connectivity index (χ4v) is 1.37. The molecule has 0 spiro atoms. The highest BCUT2D eigenvalue weighted by Crippen LogP contribution is 2.10. The number of nitrogens with zero attached hydrogens (tertiary/aromatic N) is 1. The van der Waals surface area contributed by atoms with Gasteiger partial charge in [-0.15, -0.1) is 0 Å². The lowest BCUT2D eigenvalue weighted by Gasteiger charge is -2.18. The molecule has 1 saturated heterocycles. The van der Waals surface area contributed by atoms with Gasteiger partial charge in [0.05, 0.1) is 11.9 Å². The van der Waals surface area contributed by atoms with Crippen LogP contribution in [0.5, 0.6) is 0 Å². The molecule has 0 aliphatic carbocycles. The first-order chi connectivity index (χ1) is 5.83. The van der Waals surface area contributed by atoms with Crippen LogP contribution in [0.25, 0.3) is 0 Å². The summed E-state index contributed by atoms with van der Waals surface area (Å²) >= 11 is 0. The maximum Gasteiger partial charge on any atom is 0.0940 e. The number of hydrogen-bond donors (Lipinski definition) is 1. The molecule has 0 aromatic carbocycles. The summed E-state index contributed by atoms with van der Waals surface area (Å²) in [5, 5.41) is 0. The zero-order valence-corrected chi connectivity index (χ0v) is 7.75. The molecule has 1 aliphatic rings. The number of nitrogens with two attached hydrogens (primary N) is 1. The minimum atomic E-state index is 0.422. The Morgan fingerprint density at radius 2 is 2.17 bits per heavy atom. The van der Waals surface area contributed by atoms with Crippen LogP contribution < -0.4 is 5.73 Å². The third kappa shape index (κ3) is 3.22. The summed E-state index contributed by atoms with van der Waals surface area (Å²) in [7, 11) is 0. The van der Waals surface area contributed by atoms with Crippen LogP contribution in [-0.4, -0.2) is 25.1 Å². The van der Waals surface area contributed by atoms with Crippen LogP contribution in [-0.2, 0) is 4.74 Å². The van der Waals surface area contributed by atoms with Gasteiger partial charge in [-0.1, -0.05) is 6.92 Å². The van der Waals surface area contributed by atoms with Crippen molar-refractivity contribution in [2.75, 3.05) is 13.2 Å². The fourth-order valence-electron chi connectivity index (χ4n) is 1.37. The molecule has 1 heterocycles. The minimum absolute atomic E-state index is 0.422. The Balaban J connectivity index is 2.31. The molecule has 3 nitrogen and oxygen atoms in total.